The fourth-order valence-corrected chi connectivity index (χ4v) is 3.87. The van der Waals surface area contributed by atoms with Gasteiger partial charge in [0.1, 0.15) is 11.3 Å². The molecule has 1 aromatic carbocycles. The van der Waals surface area contributed by atoms with Gasteiger partial charge in [-0.3, -0.25) is 14.2 Å². The Hall–Kier alpha value is -2.93. The number of carbonyl (C=O) groups is 1. The van der Waals surface area contributed by atoms with E-state index in [1.165, 1.54) is 9.44 Å². The van der Waals surface area contributed by atoms with Crippen molar-refractivity contribution in [3.8, 4) is 11.4 Å². The Morgan fingerprint density at radius 3 is 2.64 bits per heavy atom. The van der Waals surface area contributed by atoms with E-state index in [1.54, 1.807) is 49.8 Å². The number of aromatic nitrogens is 2. The molecule has 0 radical (unpaired) electrons. The van der Waals surface area contributed by atoms with E-state index in [0.717, 1.165) is 10.7 Å². The van der Waals surface area contributed by atoms with E-state index >= 15 is 0 Å². The Kier molecular flexibility index (Phi) is 5.94. The first kappa shape index (κ1) is 19.8. The molecular formula is C21H23N3O3S. The van der Waals surface area contributed by atoms with Gasteiger partial charge in [0.25, 0.3) is 11.5 Å². The van der Waals surface area contributed by atoms with Crippen LogP contribution in [0.3, 0.4) is 0 Å². The number of benzene rings is 1. The third-order valence-electron chi connectivity index (χ3n) is 4.57. The number of nitrogens with one attached hydrogen (secondary N) is 1. The number of thiazole rings is 1. The normalized spacial score (nSPS) is 10.7. The molecule has 2 aromatic heterocycles. The molecule has 6 nitrogen and oxygen atoms in total. The second-order valence-electron chi connectivity index (χ2n) is 6.48. The lowest BCUT2D eigenvalue weighted by Gasteiger charge is -2.13. The number of ether oxygens (including phenoxy) is 1. The summed E-state index contributed by atoms with van der Waals surface area (Å²) < 4.78 is 6.78. The Balaban J connectivity index is 1.83. The highest BCUT2D eigenvalue weighted by molar-refractivity contribution is 7.11. The van der Waals surface area contributed by atoms with Crippen molar-refractivity contribution in [3.05, 3.63) is 73.6 Å². The molecule has 0 saturated heterocycles. The van der Waals surface area contributed by atoms with E-state index in [2.05, 4.69) is 10.3 Å². The molecule has 28 heavy (non-hydrogen) atoms. The standard InChI is InChI=1S/C21H23N3O3S/c1-13-10-12-24(16-7-5-6-8-17(16)27-4)21(26)19(13)20(25)22-11-9-18-23-14(2)15(3)28-18/h5-8,10,12H,9,11H2,1-4H3,(H,22,25). The summed E-state index contributed by atoms with van der Waals surface area (Å²) >= 11 is 1.63. The van der Waals surface area contributed by atoms with Crippen molar-refractivity contribution in [1.82, 2.24) is 14.9 Å². The van der Waals surface area contributed by atoms with E-state index in [9.17, 15) is 9.59 Å². The average molecular weight is 398 g/mol. The van der Waals surface area contributed by atoms with E-state index < -0.39 is 0 Å². The zero-order valence-electron chi connectivity index (χ0n) is 16.4. The van der Waals surface area contributed by atoms with Gasteiger partial charge in [-0.05, 0) is 44.5 Å². The summed E-state index contributed by atoms with van der Waals surface area (Å²) in [6.07, 6.45) is 2.30. The van der Waals surface area contributed by atoms with Crippen LogP contribution in [-0.2, 0) is 6.42 Å². The summed E-state index contributed by atoms with van der Waals surface area (Å²) in [5, 5.41) is 3.83. The lowest BCUT2D eigenvalue weighted by molar-refractivity contribution is 0.0951. The monoisotopic (exact) mass is 397 g/mol. The molecule has 0 fully saturated rings. The molecule has 0 unspecified atom stereocenters. The van der Waals surface area contributed by atoms with Crippen LogP contribution in [0.15, 0.2) is 41.3 Å². The number of methoxy groups -OCH3 is 1. The first-order valence-corrected chi connectivity index (χ1v) is 9.80. The SMILES string of the molecule is COc1ccccc1-n1ccc(C)c(C(=O)NCCc2nc(C)c(C)s2)c1=O. The topological polar surface area (TPSA) is 73.2 Å². The molecule has 1 amide bonds. The van der Waals surface area contributed by atoms with Gasteiger partial charge in [-0.2, -0.15) is 0 Å². The molecule has 3 aromatic rings. The number of hydrogen-bond acceptors (Lipinski definition) is 5. The van der Waals surface area contributed by atoms with Crippen molar-refractivity contribution in [3.63, 3.8) is 0 Å². The number of rotatable bonds is 6. The quantitative estimate of drug-likeness (QED) is 0.693. The van der Waals surface area contributed by atoms with Gasteiger partial charge in [0.2, 0.25) is 0 Å². The molecule has 0 aliphatic carbocycles. The molecule has 146 valence electrons. The van der Waals surface area contributed by atoms with Gasteiger partial charge in [-0.1, -0.05) is 12.1 Å². The van der Waals surface area contributed by atoms with Crippen LogP contribution in [0.2, 0.25) is 0 Å². The maximum absolute atomic E-state index is 13.0. The maximum atomic E-state index is 13.0. The van der Waals surface area contributed by atoms with Gasteiger partial charge in [-0.15, -0.1) is 11.3 Å². The summed E-state index contributed by atoms with van der Waals surface area (Å²) in [5.41, 5.74) is 2.01. The summed E-state index contributed by atoms with van der Waals surface area (Å²) in [7, 11) is 1.55. The van der Waals surface area contributed by atoms with Crippen LogP contribution in [-0.4, -0.2) is 29.1 Å². The molecular weight excluding hydrogens is 374 g/mol. The molecule has 0 aliphatic heterocycles. The van der Waals surface area contributed by atoms with E-state index in [0.29, 0.717) is 30.0 Å². The maximum Gasteiger partial charge on any atom is 0.268 e. The molecule has 2 heterocycles. The van der Waals surface area contributed by atoms with Crippen LogP contribution in [0.5, 0.6) is 5.75 Å². The number of hydrogen-bond donors (Lipinski definition) is 1. The van der Waals surface area contributed by atoms with Crippen LogP contribution < -0.4 is 15.6 Å². The number of amides is 1. The predicted octanol–water partition coefficient (Wildman–Crippen LogP) is 3.20. The van der Waals surface area contributed by atoms with E-state index in [-0.39, 0.29) is 17.0 Å². The lowest BCUT2D eigenvalue weighted by Crippen LogP contribution is -2.34. The van der Waals surface area contributed by atoms with Crippen molar-refractivity contribution < 1.29 is 9.53 Å². The second-order valence-corrected chi connectivity index (χ2v) is 7.76. The highest BCUT2D eigenvalue weighted by atomic mass is 32.1. The number of carbonyl (C=O) groups excluding carboxylic acids is 1. The number of para-hydroxylation sites is 2. The van der Waals surface area contributed by atoms with E-state index in [4.69, 9.17) is 4.74 Å². The van der Waals surface area contributed by atoms with Crippen LogP contribution >= 0.6 is 11.3 Å². The van der Waals surface area contributed by atoms with Crippen LogP contribution in [0.25, 0.3) is 5.69 Å². The summed E-state index contributed by atoms with van der Waals surface area (Å²) in [6, 6.07) is 8.97. The lowest BCUT2D eigenvalue weighted by atomic mass is 10.1. The minimum Gasteiger partial charge on any atom is -0.495 e. The fourth-order valence-electron chi connectivity index (χ4n) is 2.94. The third-order valence-corrected chi connectivity index (χ3v) is 5.70. The predicted molar refractivity (Wildman–Crippen MR) is 111 cm³/mol. The fraction of sp³-hybridized carbons (Fsp3) is 0.286. The highest BCUT2D eigenvalue weighted by Crippen LogP contribution is 2.21. The van der Waals surface area contributed by atoms with Crippen LogP contribution in [0, 0.1) is 20.8 Å². The third kappa shape index (κ3) is 3.99. The molecule has 7 heteroatoms. The van der Waals surface area contributed by atoms with Crippen molar-refractivity contribution in [1.29, 1.82) is 0 Å². The van der Waals surface area contributed by atoms with Gasteiger partial charge in [0, 0.05) is 24.0 Å². The summed E-state index contributed by atoms with van der Waals surface area (Å²) in [4.78, 5) is 31.4. The van der Waals surface area contributed by atoms with Crippen LogP contribution in [0.4, 0.5) is 0 Å². The minimum absolute atomic E-state index is 0.139. The molecule has 0 aliphatic rings. The zero-order chi connectivity index (χ0) is 20.3. The Morgan fingerprint density at radius 1 is 1.21 bits per heavy atom. The van der Waals surface area contributed by atoms with Gasteiger partial charge >= 0.3 is 0 Å². The second kappa shape index (κ2) is 8.39. The molecule has 0 spiro atoms. The summed E-state index contributed by atoms with van der Waals surface area (Å²) in [6.45, 7) is 6.19. The van der Waals surface area contributed by atoms with E-state index in [1.807, 2.05) is 26.0 Å². The first-order valence-electron chi connectivity index (χ1n) is 8.99. The summed E-state index contributed by atoms with van der Waals surface area (Å²) in [5.74, 6) is 0.186. The van der Waals surface area contributed by atoms with Gasteiger partial charge in [0.05, 0.1) is 23.5 Å². The van der Waals surface area contributed by atoms with Crippen molar-refractivity contribution in [2.24, 2.45) is 0 Å². The average Bonchev–Trinajstić information content (AvgIpc) is 2.99. The number of aryl methyl sites for hydroxylation is 3. The van der Waals surface area contributed by atoms with Crippen molar-refractivity contribution in [2.45, 2.75) is 27.2 Å². The first-order chi connectivity index (χ1) is 13.4. The molecule has 3 rings (SSSR count). The Bertz CT molecular complexity index is 1050. The minimum atomic E-state index is -0.378. The zero-order valence-corrected chi connectivity index (χ0v) is 17.2. The van der Waals surface area contributed by atoms with Gasteiger partial charge < -0.3 is 10.1 Å². The van der Waals surface area contributed by atoms with Gasteiger partial charge in [0.15, 0.2) is 0 Å². The largest absolute Gasteiger partial charge is 0.495 e. The van der Waals surface area contributed by atoms with Crippen LogP contribution in [0.1, 0.15) is 31.5 Å². The number of pyridine rings is 1. The van der Waals surface area contributed by atoms with Crippen molar-refractivity contribution in [2.75, 3.05) is 13.7 Å². The molecule has 0 bridgehead atoms. The smallest absolute Gasteiger partial charge is 0.268 e. The van der Waals surface area contributed by atoms with Crippen molar-refractivity contribution >= 4 is 17.2 Å². The van der Waals surface area contributed by atoms with Gasteiger partial charge in [-0.25, -0.2) is 4.98 Å². The molecule has 1 N–H and O–H groups in total. The highest BCUT2D eigenvalue weighted by Gasteiger charge is 2.17. The Labute approximate surface area is 167 Å². The molecule has 0 atom stereocenters. The Morgan fingerprint density at radius 2 is 1.96 bits per heavy atom. The number of nitrogens with zero attached hydrogens (tertiary/aromatic N) is 2. The molecule has 0 saturated carbocycles.